The fourth-order valence-electron chi connectivity index (χ4n) is 2.37. The molecule has 0 amide bonds. The van der Waals surface area contributed by atoms with E-state index in [1.54, 1.807) is 0 Å². The van der Waals surface area contributed by atoms with E-state index in [9.17, 15) is 0 Å². The number of piperidine rings is 1. The average Bonchev–Trinajstić information content (AvgIpc) is 2.40. The Morgan fingerprint density at radius 1 is 1.44 bits per heavy atom. The highest BCUT2D eigenvalue weighted by Crippen LogP contribution is 2.21. The first-order valence-electron chi connectivity index (χ1n) is 6.78. The number of hydrogen-bond donors (Lipinski definition) is 1. The molecule has 0 unspecified atom stereocenters. The van der Waals surface area contributed by atoms with Gasteiger partial charge in [-0.05, 0) is 38.8 Å². The van der Waals surface area contributed by atoms with E-state index in [0.717, 1.165) is 38.2 Å². The first-order chi connectivity index (χ1) is 8.70. The maximum absolute atomic E-state index is 5.80. The zero-order chi connectivity index (χ0) is 13.0. The summed E-state index contributed by atoms with van der Waals surface area (Å²) in [4.78, 5) is 6.78. The molecule has 4 heteroatoms. The summed E-state index contributed by atoms with van der Waals surface area (Å²) >= 11 is 0. The number of anilines is 1. The Balaban J connectivity index is 1.93. The summed E-state index contributed by atoms with van der Waals surface area (Å²) in [6.07, 6.45) is 4.56. The molecule has 0 radical (unpaired) electrons. The Hall–Kier alpha value is -1.13. The van der Waals surface area contributed by atoms with Gasteiger partial charge in [-0.3, -0.25) is 4.98 Å². The number of rotatable bonds is 4. The highest BCUT2D eigenvalue weighted by Gasteiger charge is 2.19. The number of nitrogens with two attached hydrogens (primary N) is 1. The van der Waals surface area contributed by atoms with Crippen molar-refractivity contribution in [3.05, 3.63) is 24.0 Å². The van der Waals surface area contributed by atoms with Crippen LogP contribution in [0.1, 0.15) is 38.4 Å². The average molecular weight is 249 g/mol. The van der Waals surface area contributed by atoms with Crippen molar-refractivity contribution < 1.29 is 4.74 Å². The van der Waals surface area contributed by atoms with Crippen molar-refractivity contribution in [2.75, 3.05) is 24.6 Å². The Morgan fingerprint density at radius 2 is 2.17 bits per heavy atom. The van der Waals surface area contributed by atoms with Crippen LogP contribution in [-0.4, -0.2) is 30.8 Å². The summed E-state index contributed by atoms with van der Waals surface area (Å²) < 4.78 is 5.66. The van der Waals surface area contributed by atoms with Crippen molar-refractivity contribution in [1.29, 1.82) is 0 Å². The lowest BCUT2D eigenvalue weighted by molar-refractivity contribution is 0.0459. The van der Waals surface area contributed by atoms with E-state index in [-0.39, 0.29) is 6.04 Å². The van der Waals surface area contributed by atoms with Gasteiger partial charge >= 0.3 is 0 Å². The van der Waals surface area contributed by atoms with Gasteiger partial charge in [0.1, 0.15) is 0 Å². The minimum Gasteiger partial charge on any atom is -0.378 e. The molecule has 2 N–H and O–H groups in total. The smallest absolute Gasteiger partial charge is 0.0608 e. The maximum Gasteiger partial charge on any atom is 0.0608 e. The van der Waals surface area contributed by atoms with Crippen molar-refractivity contribution in [2.24, 2.45) is 5.73 Å². The van der Waals surface area contributed by atoms with E-state index in [2.05, 4.69) is 22.9 Å². The Bertz CT molecular complexity index is 356. The summed E-state index contributed by atoms with van der Waals surface area (Å²) in [6, 6.07) is 4.14. The van der Waals surface area contributed by atoms with Gasteiger partial charge in [-0.2, -0.15) is 0 Å². The van der Waals surface area contributed by atoms with Crippen LogP contribution in [0.3, 0.4) is 0 Å². The quantitative estimate of drug-likeness (QED) is 0.888. The second-order valence-corrected chi connectivity index (χ2v) is 4.87. The van der Waals surface area contributed by atoms with Gasteiger partial charge in [0, 0.05) is 25.7 Å². The van der Waals surface area contributed by atoms with Crippen LogP contribution in [-0.2, 0) is 4.74 Å². The van der Waals surface area contributed by atoms with Gasteiger partial charge in [-0.25, -0.2) is 0 Å². The van der Waals surface area contributed by atoms with Gasteiger partial charge in [-0.1, -0.05) is 0 Å². The van der Waals surface area contributed by atoms with E-state index in [4.69, 9.17) is 10.5 Å². The van der Waals surface area contributed by atoms with Gasteiger partial charge in [0.05, 0.1) is 23.7 Å². The number of aromatic nitrogens is 1. The van der Waals surface area contributed by atoms with E-state index in [1.807, 2.05) is 19.2 Å². The zero-order valence-electron chi connectivity index (χ0n) is 11.3. The molecule has 1 fully saturated rings. The SMILES string of the molecule is CCOC1CCN(c2ccc([C@H](C)N)nc2)CC1. The van der Waals surface area contributed by atoms with Gasteiger partial charge in [-0.15, -0.1) is 0 Å². The second kappa shape index (κ2) is 6.16. The molecule has 1 aromatic heterocycles. The fourth-order valence-corrected chi connectivity index (χ4v) is 2.37. The van der Waals surface area contributed by atoms with E-state index in [1.165, 1.54) is 5.69 Å². The molecule has 18 heavy (non-hydrogen) atoms. The van der Waals surface area contributed by atoms with Crippen molar-refractivity contribution in [2.45, 2.75) is 38.8 Å². The van der Waals surface area contributed by atoms with Crippen LogP contribution in [0.25, 0.3) is 0 Å². The van der Waals surface area contributed by atoms with Crippen molar-refractivity contribution >= 4 is 5.69 Å². The molecule has 0 aliphatic carbocycles. The molecule has 0 spiro atoms. The third-order valence-electron chi connectivity index (χ3n) is 3.45. The van der Waals surface area contributed by atoms with Crippen molar-refractivity contribution in [3.8, 4) is 0 Å². The Morgan fingerprint density at radius 3 is 2.67 bits per heavy atom. The topological polar surface area (TPSA) is 51.4 Å². The lowest BCUT2D eigenvalue weighted by Crippen LogP contribution is -2.37. The molecule has 1 aliphatic rings. The molecule has 2 rings (SSSR count). The molecule has 100 valence electrons. The lowest BCUT2D eigenvalue weighted by atomic mass is 10.1. The van der Waals surface area contributed by atoms with Crippen molar-refractivity contribution in [1.82, 2.24) is 4.98 Å². The highest BCUT2D eigenvalue weighted by atomic mass is 16.5. The lowest BCUT2D eigenvalue weighted by Gasteiger charge is -2.33. The first kappa shape index (κ1) is 13.3. The second-order valence-electron chi connectivity index (χ2n) is 4.87. The largest absolute Gasteiger partial charge is 0.378 e. The molecule has 1 aliphatic heterocycles. The fraction of sp³-hybridized carbons (Fsp3) is 0.643. The molecule has 1 aromatic rings. The molecular formula is C14H23N3O. The number of ether oxygens (including phenoxy) is 1. The molecule has 0 aromatic carbocycles. The van der Waals surface area contributed by atoms with Crippen LogP contribution in [0.5, 0.6) is 0 Å². The molecule has 1 saturated heterocycles. The number of nitrogens with zero attached hydrogens (tertiary/aromatic N) is 2. The Labute approximate surface area is 109 Å². The summed E-state index contributed by atoms with van der Waals surface area (Å²) in [6.45, 7) is 6.92. The molecule has 2 heterocycles. The summed E-state index contributed by atoms with van der Waals surface area (Å²) in [5, 5.41) is 0. The first-order valence-corrected chi connectivity index (χ1v) is 6.78. The molecule has 0 saturated carbocycles. The summed E-state index contributed by atoms with van der Waals surface area (Å²) in [7, 11) is 0. The molecule has 4 nitrogen and oxygen atoms in total. The monoisotopic (exact) mass is 249 g/mol. The third-order valence-corrected chi connectivity index (χ3v) is 3.45. The van der Waals surface area contributed by atoms with Crippen LogP contribution in [0.15, 0.2) is 18.3 Å². The Kier molecular flexibility index (Phi) is 4.55. The van der Waals surface area contributed by atoms with E-state index < -0.39 is 0 Å². The van der Waals surface area contributed by atoms with Crippen LogP contribution in [0.2, 0.25) is 0 Å². The van der Waals surface area contributed by atoms with Gasteiger partial charge in [0.25, 0.3) is 0 Å². The summed E-state index contributed by atoms with van der Waals surface area (Å²) in [5.74, 6) is 0. The normalized spacial score (nSPS) is 18.9. The minimum absolute atomic E-state index is 0.00254. The van der Waals surface area contributed by atoms with E-state index in [0.29, 0.717) is 6.10 Å². The van der Waals surface area contributed by atoms with Gasteiger partial charge in [0.2, 0.25) is 0 Å². The standard InChI is InChI=1S/C14H23N3O/c1-3-18-13-6-8-17(9-7-13)12-4-5-14(11(2)15)16-10-12/h4-5,10-11,13H,3,6-9,15H2,1-2H3/t11-/m0/s1. The maximum atomic E-state index is 5.80. The predicted molar refractivity (Wildman–Crippen MR) is 73.7 cm³/mol. The minimum atomic E-state index is 0.00254. The molecular weight excluding hydrogens is 226 g/mol. The molecule has 1 atom stereocenters. The van der Waals surface area contributed by atoms with Crippen LogP contribution >= 0.6 is 0 Å². The van der Waals surface area contributed by atoms with Gasteiger partial charge < -0.3 is 15.4 Å². The van der Waals surface area contributed by atoms with Crippen molar-refractivity contribution in [3.63, 3.8) is 0 Å². The van der Waals surface area contributed by atoms with Crippen LogP contribution in [0, 0.1) is 0 Å². The van der Waals surface area contributed by atoms with E-state index >= 15 is 0 Å². The summed E-state index contributed by atoms with van der Waals surface area (Å²) in [5.41, 5.74) is 7.94. The van der Waals surface area contributed by atoms with Crippen LogP contribution < -0.4 is 10.6 Å². The number of hydrogen-bond acceptors (Lipinski definition) is 4. The molecule has 0 bridgehead atoms. The van der Waals surface area contributed by atoms with Crippen LogP contribution in [0.4, 0.5) is 5.69 Å². The predicted octanol–water partition coefficient (Wildman–Crippen LogP) is 2.11. The third kappa shape index (κ3) is 3.21. The number of pyridine rings is 1. The van der Waals surface area contributed by atoms with Gasteiger partial charge in [0.15, 0.2) is 0 Å². The highest BCUT2D eigenvalue weighted by molar-refractivity contribution is 5.45. The zero-order valence-corrected chi connectivity index (χ0v) is 11.3.